The smallest absolute Gasteiger partial charge is 0.416 e. The van der Waals surface area contributed by atoms with Gasteiger partial charge in [-0.25, -0.2) is 4.79 Å². The number of hydrogen-bond donors (Lipinski definition) is 3. The number of nitrogens with one attached hydrogen (secondary N) is 3. The van der Waals surface area contributed by atoms with Gasteiger partial charge in [-0.1, -0.05) is 12.1 Å². The number of halogens is 3. The van der Waals surface area contributed by atoms with E-state index in [1.54, 1.807) is 13.0 Å². The van der Waals surface area contributed by atoms with Gasteiger partial charge in [0.1, 0.15) is 32.7 Å². The second-order valence-corrected chi connectivity index (χ2v) is 6.49. The Morgan fingerprint density at radius 2 is 1.88 bits per heavy atom. The fraction of sp³-hybridized carbons (Fsp3) is 0.529. The van der Waals surface area contributed by atoms with Crippen LogP contribution in [0.1, 0.15) is 18.1 Å². The van der Waals surface area contributed by atoms with Gasteiger partial charge in [-0.05, 0) is 19.1 Å². The molecule has 1 saturated heterocycles. The maximum Gasteiger partial charge on any atom is 0.416 e. The Morgan fingerprint density at radius 1 is 1.23 bits per heavy atom. The second-order valence-electron chi connectivity index (χ2n) is 6.49. The van der Waals surface area contributed by atoms with Crippen molar-refractivity contribution in [1.82, 2.24) is 5.32 Å². The fourth-order valence-electron chi connectivity index (χ4n) is 3.13. The summed E-state index contributed by atoms with van der Waals surface area (Å²) in [6.45, 7) is 5.13. The predicted molar refractivity (Wildman–Crippen MR) is 86.6 cm³/mol. The predicted octanol–water partition coefficient (Wildman–Crippen LogP) is -0.740. The van der Waals surface area contributed by atoms with E-state index in [1.807, 2.05) is 0 Å². The molecule has 1 fully saturated rings. The monoisotopic (exact) mass is 375 g/mol. The van der Waals surface area contributed by atoms with E-state index < -0.39 is 29.8 Å². The van der Waals surface area contributed by atoms with Gasteiger partial charge in [0.15, 0.2) is 6.04 Å². The Bertz CT molecular complexity index is 644. The van der Waals surface area contributed by atoms with Crippen molar-refractivity contribution in [1.29, 1.82) is 0 Å². The number of carbonyl (C=O) groups excluding carboxylic acids is 2. The molecule has 0 aromatic heterocycles. The third-order valence-corrected chi connectivity index (χ3v) is 4.72. The van der Waals surface area contributed by atoms with Crippen LogP contribution in [0.3, 0.4) is 0 Å². The highest BCUT2D eigenvalue weighted by Gasteiger charge is 2.33. The maximum absolute atomic E-state index is 12.8. The van der Waals surface area contributed by atoms with Crippen LogP contribution < -0.4 is 15.1 Å². The zero-order chi connectivity index (χ0) is 19.3. The molecule has 3 N–H and O–H groups in total. The van der Waals surface area contributed by atoms with Crippen LogP contribution in [-0.2, 0) is 22.3 Å². The number of hydrogen-bond acceptors (Lipinski definition) is 3. The number of alkyl halides is 3. The number of methoxy groups -OCH3 is 1. The number of ether oxygens (including phenoxy) is 1. The third kappa shape index (κ3) is 5.43. The molecular weight excluding hydrogens is 351 g/mol. The summed E-state index contributed by atoms with van der Waals surface area (Å²) in [5.41, 5.74) is 0.0153. The van der Waals surface area contributed by atoms with Gasteiger partial charge in [-0.15, -0.1) is 0 Å². The van der Waals surface area contributed by atoms with Gasteiger partial charge in [-0.2, -0.15) is 13.2 Å². The molecule has 9 heteroatoms. The first-order chi connectivity index (χ1) is 12.2. The lowest BCUT2D eigenvalue weighted by atomic mass is 10.1. The molecule has 0 radical (unpaired) electrons. The standard InChI is InChI=1S/C17H22F3N3O3/c1-12(15(24)21-16(25)26-2)23-8-6-22(7-9-23)11-13-4-3-5-14(10-13)17(18,19)20/h3-5,10,12H,6-9,11H2,1-2H3,(H,21,24,25)/p+2/t12-/m1/s1. The quantitative estimate of drug-likeness (QED) is 0.650. The van der Waals surface area contributed by atoms with Crippen LogP contribution >= 0.6 is 0 Å². The van der Waals surface area contributed by atoms with E-state index in [1.165, 1.54) is 24.1 Å². The second kappa shape index (κ2) is 8.50. The summed E-state index contributed by atoms with van der Waals surface area (Å²) in [7, 11) is 1.19. The lowest BCUT2D eigenvalue weighted by molar-refractivity contribution is -1.02. The lowest BCUT2D eigenvalue weighted by Crippen LogP contribution is -3.29. The normalized spacial score (nSPS) is 21.7. The van der Waals surface area contributed by atoms with Gasteiger partial charge in [0, 0.05) is 5.56 Å². The van der Waals surface area contributed by atoms with Gasteiger partial charge in [0.2, 0.25) is 0 Å². The van der Waals surface area contributed by atoms with Gasteiger partial charge in [-0.3, -0.25) is 10.1 Å². The molecule has 0 spiro atoms. The molecule has 1 aromatic rings. The molecule has 144 valence electrons. The van der Waals surface area contributed by atoms with E-state index in [4.69, 9.17) is 0 Å². The number of benzene rings is 1. The summed E-state index contributed by atoms with van der Waals surface area (Å²) in [4.78, 5) is 25.3. The first kappa shape index (κ1) is 20.2. The molecule has 1 aliphatic rings. The van der Waals surface area contributed by atoms with Gasteiger partial charge >= 0.3 is 12.3 Å². The molecule has 0 saturated carbocycles. The van der Waals surface area contributed by atoms with Crippen LogP contribution in [0.25, 0.3) is 0 Å². The van der Waals surface area contributed by atoms with Crippen LogP contribution in [0.2, 0.25) is 0 Å². The fourth-order valence-corrected chi connectivity index (χ4v) is 3.13. The lowest BCUT2D eigenvalue weighted by Gasteiger charge is -2.32. The Kier molecular flexibility index (Phi) is 6.60. The molecule has 1 aromatic carbocycles. The SMILES string of the molecule is COC(=O)NC(=O)[C@@H](C)[NH+]1CC[NH+](Cc2cccc(C(F)(F)F)c2)CC1. The first-order valence-corrected chi connectivity index (χ1v) is 8.43. The largest absolute Gasteiger partial charge is 0.453 e. The number of carbonyl (C=O) groups is 2. The van der Waals surface area contributed by atoms with E-state index in [0.717, 1.165) is 24.1 Å². The van der Waals surface area contributed by atoms with Crippen molar-refractivity contribution in [2.75, 3.05) is 33.3 Å². The summed E-state index contributed by atoms with van der Waals surface area (Å²) in [5, 5.41) is 2.16. The molecule has 0 unspecified atom stereocenters. The molecule has 1 heterocycles. The van der Waals surface area contributed by atoms with Crippen molar-refractivity contribution in [3.05, 3.63) is 35.4 Å². The number of alkyl carbamates (subject to hydrolysis) is 1. The van der Waals surface area contributed by atoms with E-state index in [2.05, 4.69) is 10.1 Å². The van der Waals surface area contributed by atoms with Crippen molar-refractivity contribution in [3.8, 4) is 0 Å². The maximum atomic E-state index is 12.8. The van der Waals surface area contributed by atoms with Crippen LogP contribution in [-0.4, -0.2) is 51.3 Å². The topological polar surface area (TPSA) is 64.3 Å². The number of quaternary nitrogens is 2. The molecule has 1 atom stereocenters. The Hall–Kier alpha value is -2.13. The summed E-state index contributed by atoms with van der Waals surface area (Å²) in [5.74, 6) is -0.395. The van der Waals surface area contributed by atoms with Crippen molar-refractivity contribution >= 4 is 12.0 Å². The molecular formula is C17H24F3N3O3+2. The highest BCUT2D eigenvalue weighted by Crippen LogP contribution is 2.29. The van der Waals surface area contributed by atoms with E-state index in [0.29, 0.717) is 25.2 Å². The average molecular weight is 375 g/mol. The van der Waals surface area contributed by atoms with E-state index in [9.17, 15) is 22.8 Å². The van der Waals surface area contributed by atoms with E-state index in [-0.39, 0.29) is 0 Å². The first-order valence-electron chi connectivity index (χ1n) is 8.43. The summed E-state index contributed by atoms with van der Waals surface area (Å²) >= 11 is 0. The zero-order valence-corrected chi connectivity index (χ0v) is 14.8. The number of amides is 2. The Labute approximate surface area is 149 Å². The van der Waals surface area contributed by atoms with Gasteiger partial charge in [0.25, 0.3) is 5.91 Å². The summed E-state index contributed by atoms with van der Waals surface area (Å²) in [6, 6.07) is 5.00. The summed E-state index contributed by atoms with van der Waals surface area (Å²) in [6.07, 6.45) is -5.12. The third-order valence-electron chi connectivity index (χ3n) is 4.72. The minimum atomic E-state index is -4.34. The molecule has 2 amide bonds. The Balaban J connectivity index is 1.87. The van der Waals surface area contributed by atoms with E-state index >= 15 is 0 Å². The van der Waals surface area contributed by atoms with Gasteiger partial charge < -0.3 is 14.5 Å². The van der Waals surface area contributed by atoms with Crippen LogP contribution in [0.5, 0.6) is 0 Å². The molecule has 1 aliphatic heterocycles. The van der Waals surface area contributed by atoms with Crippen molar-refractivity contribution in [3.63, 3.8) is 0 Å². The molecule has 0 bridgehead atoms. The highest BCUT2D eigenvalue weighted by molar-refractivity contribution is 5.93. The molecule has 0 aliphatic carbocycles. The summed E-state index contributed by atoms with van der Waals surface area (Å²) < 4.78 is 42.8. The number of piperazine rings is 1. The number of rotatable bonds is 4. The average Bonchev–Trinajstić information content (AvgIpc) is 2.61. The van der Waals surface area contributed by atoms with Crippen molar-refractivity contribution in [2.45, 2.75) is 25.7 Å². The molecule has 2 rings (SSSR count). The van der Waals surface area contributed by atoms with Crippen LogP contribution in [0, 0.1) is 0 Å². The van der Waals surface area contributed by atoms with Crippen LogP contribution in [0.15, 0.2) is 24.3 Å². The van der Waals surface area contributed by atoms with Crippen molar-refractivity contribution in [2.24, 2.45) is 0 Å². The minimum absolute atomic E-state index is 0.395. The molecule has 26 heavy (non-hydrogen) atoms. The van der Waals surface area contributed by atoms with Crippen LogP contribution in [0.4, 0.5) is 18.0 Å². The minimum Gasteiger partial charge on any atom is -0.453 e. The van der Waals surface area contributed by atoms with Gasteiger partial charge in [0.05, 0.1) is 12.7 Å². The van der Waals surface area contributed by atoms with Crippen molar-refractivity contribution < 1.29 is 37.3 Å². The number of imide groups is 1. The zero-order valence-electron chi connectivity index (χ0n) is 14.8. The highest BCUT2D eigenvalue weighted by atomic mass is 19.4. The Morgan fingerprint density at radius 3 is 2.46 bits per heavy atom. The molecule has 6 nitrogen and oxygen atoms in total.